The Morgan fingerprint density at radius 2 is 1.77 bits per heavy atom. The van der Waals surface area contributed by atoms with Gasteiger partial charge in [-0.3, -0.25) is 15.0 Å². The van der Waals surface area contributed by atoms with E-state index in [1.54, 1.807) is 6.92 Å². The van der Waals surface area contributed by atoms with E-state index >= 15 is 0 Å². The summed E-state index contributed by atoms with van der Waals surface area (Å²) in [5.41, 5.74) is 0. The summed E-state index contributed by atoms with van der Waals surface area (Å²) in [7, 11) is 1.14. The van der Waals surface area contributed by atoms with Crippen LogP contribution in [-0.4, -0.2) is 59.3 Å². The van der Waals surface area contributed by atoms with E-state index in [2.05, 4.69) is 0 Å². The van der Waals surface area contributed by atoms with E-state index in [0.29, 0.717) is 0 Å². The van der Waals surface area contributed by atoms with Crippen LogP contribution in [0.1, 0.15) is 41.0 Å². The fourth-order valence-corrected chi connectivity index (χ4v) is 3.55. The van der Waals surface area contributed by atoms with Gasteiger partial charge in [0.2, 0.25) is 5.90 Å². The number of methoxy groups -OCH3 is 1. The summed E-state index contributed by atoms with van der Waals surface area (Å²) in [6.07, 6.45) is -1.57. The molecule has 1 saturated heterocycles. The van der Waals surface area contributed by atoms with Gasteiger partial charge < -0.3 is 23.7 Å². The fraction of sp³-hybridized carbons (Fsp3) is 0.789. The summed E-state index contributed by atoms with van der Waals surface area (Å²) in [6, 6.07) is 0. The third-order valence-corrected chi connectivity index (χ3v) is 5.74. The van der Waals surface area contributed by atoms with Crippen molar-refractivity contribution in [3.8, 4) is 0 Å². The molecule has 9 nitrogen and oxygen atoms in total. The number of hydrogen-bond donors (Lipinski definition) is 1. The number of alkyl halides is 3. The van der Waals surface area contributed by atoms with Gasteiger partial charge in [-0.2, -0.15) is 0 Å². The van der Waals surface area contributed by atoms with E-state index in [9.17, 15) is 14.4 Å². The molecule has 1 heterocycles. The van der Waals surface area contributed by atoms with E-state index in [0.717, 1.165) is 7.11 Å². The topological polar surface area (TPSA) is 121 Å². The lowest BCUT2D eigenvalue weighted by Crippen LogP contribution is -2.59. The summed E-state index contributed by atoms with van der Waals surface area (Å²) >= 11 is 17.2. The molecule has 1 aliphatic heterocycles. The van der Waals surface area contributed by atoms with Gasteiger partial charge in [0.05, 0.1) is 13.2 Å². The van der Waals surface area contributed by atoms with Crippen molar-refractivity contribution in [2.24, 2.45) is 17.8 Å². The lowest BCUT2D eigenvalue weighted by atomic mass is 9.76. The Morgan fingerprint density at radius 3 is 2.23 bits per heavy atom. The third-order valence-electron chi connectivity index (χ3n) is 5.23. The Labute approximate surface area is 196 Å². The first kappa shape index (κ1) is 27.7. The Kier molecular flexibility index (Phi) is 9.87. The monoisotopic (exact) mass is 503 g/mol. The first-order valence-corrected chi connectivity index (χ1v) is 10.7. The normalized spacial score (nSPS) is 28.1. The smallest absolute Gasteiger partial charge is 0.379 e. The molecular formula is C19H28Cl3NO8. The van der Waals surface area contributed by atoms with Crippen molar-refractivity contribution in [3.05, 3.63) is 0 Å². The lowest BCUT2D eigenvalue weighted by molar-refractivity contribution is -0.283. The molecule has 0 spiro atoms. The minimum Gasteiger partial charge on any atom is -0.464 e. The summed E-state index contributed by atoms with van der Waals surface area (Å²) < 4.78 is 24.5. The van der Waals surface area contributed by atoms with Crippen LogP contribution in [0.3, 0.4) is 0 Å². The molecule has 0 radical (unpaired) electrons. The van der Waals surface area contributed by atoms with E-state index in [1.807, 2.05) is 13.8 Å². The number of halogens is 3. The SMILES string of the molecule is COC(=O)[C@@]1(OC(=N)C(Cl)(Cl)Cl)CC(C)[C@H](C)[C@H]([C@H](C)[C@@H](COC(C)=O)OC(C)=O)O1. The highest BCUT2D eigenvalue weighted by molar-refractivity contribution is 6.76. The van der Waals surface area contributed by atoms with E-state index < -0.39 is 51.5 Å². The van der Waals surface area contributed by atoms with Crippen LogP contribution in [0.15, 0.2) is 0 Å². The maximum absolute atomic E-state index is 12.7. The molecule has 0 saturated carbocycles. The molecule has 1 N–H and O–H groups in total. The molecule has 1 rings (SSSR count). The molecule has 1 unspecified atom stereocenters. The summed E-state index contributed by atoms with van der Waals surface area (Å²) in [5, 5.41) is 7.92. The van der Waals surface area contributed by atoms with Crippen molar-refractivity contribution in [3.63, 3.8) is 0 Å². The predicted molar refractivity (Wildman–Crippen MR) is 113 cm³/mol. The Hall–Kier alpha value is -1.29. The van der Waals surface area contributed by atoms with Crippen molar-refractivity contribution in [2.75, 3.05) is 13.7 Å². The number of carbonyl (C=O) groups is 3. The molecule has 6 atom stereocenters. The zero-order valence-electron chi connectivity index (χ0n) is 18.2. The lowest BCUT2D eigenvalue weighted by Gasteiger charge is -2.47. The highest BCUT2D eigenvalue weighted by atomic mass is 35.6. The molecule has 0 aromatic rings. The second kappa shape index (κ2) is 11.0. The Morgan fingerprint density at radius 1 is 1.19 bits per heavy atom. The van der Waals surface area contributed by atoms with Crippen molar-refractivity contribution in [2.45, 2.75) is 62.8 Å². The van der Waals surface area contributed by atoms with Gasteiger partial charge in [-0.05, 0) is 11.8 Å². The van der Waals surface area contributed by atoms with Gasteiger partial charge >= 0.3 is 23.7 Å². The zero-order chi connectivity index (χ0) is 24.1. The van der Waals surface area contributed by atoms with Crippen LogP contribution in [0.25, 0.3) is 0 Å². The summed E-state index contributed by atoms with van der Waals surface area (Å²) in [6.45, 7) is 7.73. The molecule has 0 amide bonds. The number of hydrogen-bond acceptors (Lipinski definition) is 9. The number of esters is 3. The molecule has 0 aromatic carbocycles. The second-order valence-electron chi connectivity index (χ2n) is 7.61. The van der Waals surface area contributed by atoms with Crippen LogP contribution in [0.4, 0.5) is 0 Å². The van der Waals surface area contributed by atoms with Gasteiger partial charge in [-0.25, -0.2) is 4.79 Å². The molecule has 0 aliphatic carbocycles. The van der Waals surface area contributed by atoms with Gasteiger partial charge in [-0.1, -0.05) is 55.6 Å². The van der Waals surface area contributed by atoms with Crippen molar-refractivity contribution >= 4 is 58.6 Å². The van der Waals surface area contributed by atoms with E-state index in [4.69, 9.17) is 63.9 Å². The molecular weight excluding hydrogens is 477 g/mol. The van der Waals surface area contributed by atoms with Crippen LogP contribution in [-0.2, 0) is 38.1 Å². The minimum absolute atomic E-state index is 0.0232. The van der Waals surface area contributed by atoms with Crippen LogP contribution in [0.5, 0.6) is 0 Å². The maximum Gasteiger partial charge on any atom is 0.379 e. The van der Waals surface area contributed by atoms with Gasteiger partial charge in [-0.15, -0.1) is 0 Å². The molecule has 1 aliphatic rings. The highest BCUT2D eigenvalue weighted by Crippen LogP contribution is 2.43. The van der Waals surface area contributed by atoms with E-state index in [1.165, 1.54) is 13.8 Å². The van der Waals surface area contributed by atoms with Crippen LogP contribution in [0, 0.1) is 23.2 Å². The number of rotatable bonds is 7. The van der Waals surface area contributed by atoms with Crippen LogP contribution in [0.2, 0.25) is 0 Å². The first-order chi connectivity index (χ1) is 14.1. The van der Waals surface area contributed by atoms with Crippen LogP contribution >= 0.6 is 34.8 Å². The Balaban J connectivity index is 3.30. The van der Waals surface area contributed by atoms with Gasteiger partial charge in [0.1, 0.15) is 12.7 Å². The quantitative estimate of drug-likeness (QED) is 0.184. The average molecular weight is 505 g/mol. The molecule has 12 heteroatoms. The maximum atomic E-state index is 12.7. The molecule has 0 aromatic heterocycles. The van der Waals surface area contributed by atoms with Gasteiger partial charge in [0.25, 0.3) is 3.79 Å². The summed E-state index contributed by atoms with van der Waals surface area (Å²) in [5.74, 6) is -5.76. The van der Waals surface area contributed by atoms with Crippen molar-refractivity contribution in [1.29, 1.82) is 5.41 Å². The summed E-state index contributed by atoms with van der Waals surface area (Å²) in [4.78, 5) is 35.5. The molecule has 31 heavy (non-hydrogen) atoms. The van der Waals surface area contributed by atoms with Crippen LogP contribution < -0.4 is 0 Å². The van der Waals surface area contributed by atoms with Gasteiger partial charge in [0.15, 0.2) is 0 Å². The molecule has 1 fully saturated rings. The minimum atomic E-state index is -2.23. The zero-order valence-corrected chi connectivity index (χ0v) is 20.5. The fourth-order valence-electron chi connectivity index (χ4n) is 3.43. The predicted octanol–water partition coefficient (Wildman–Crippen LogP) is 3.41. The second-order valence-corrected chi connectivity index (χ2v) is 9.89. The van der Waals surface area contributed by atoms with Crippen molar-refractivity contribution < 1.29 is 38.1 Å². The third kappa shape index (κ3) is 7.37. The van der Waals surface area contributed by atoms with E-state index in [-0.39, 0.29) is 24.9 Å². The number of carbonyl (C=O) groups excluding carboxylic acids is 3. The van der Waals surface area contributed by atoms with Gasteiger partial charge in [0, 0.05) is 26.2 Å². The largest absolute Gasteiger partial charge is 0.464 e. The standard InChI is InChI=1S/C19H28Cl3NO8/c1-9-7-18(17(26)27-6,31-16(23)19(20,21)22)30-15(10(9)2)11(3)14(29-13(5)25)8-28-12(4)24/h9-11,14-15,23H,7-8H2,1-6H3/t9?,10-,11+,14+,15+,18-/m0/s1. The average Bonchev–Trinajstić information content (AvgIpc) is 2.65. The first-order valence-electron chi connectivity index (χ1n) is 9.56. The number of nitrogens with one attached hydrogen (secondary N) is 1. The molecule has 0 bridgehead atoms. The molecule has 178 valence electrons. The Bertz CT molecular complexity index is 698. The number of ether oxygens (including phenoxy) is 5. The highest BCUT2D eigenvalue weighted by Gasteiger charge is 2.56. The van der Waals surface area contributed by atoms with Crippen molar-refractivity contribution in [1.82, 2.24) is 0 Å².